The molecule has 0 aliphatic carbocycles. The molecule has 2 aromatic carbocycles. The van der Waals surface area contributed by atoms with E-state index < -0.39 is 0 Å². The van der Waals surface area contributed by atoms with E-state index in [0.29, 0.717) is 0 Å². The second-order valence-corrected chi connectivity index (χ2v) is 4.58. The van der Waals surface area contributed by atoms with E-state index in [0.717, 1.165) is 28.0 Å². The van der Waals surface area contributed by atoms with Crippen LogP contribution in [0.4, 0.5) is 17.1 Å². The summed E-state index contributed by atoms with van der Waals surface area (Å²) in [6, 6.07) is 15.9. The normalized spacial score (nSPS) is 10.6. The molecule has 0 atom stereocenters. The monoisotopic (exact) mass is 249 g/mol. The van der Waals surface area contributed by atoms with Crippen LogP contribution in [0.3, 0.4) is 0 Å². The second-order valence-electron chi connectivity index (χ2n) is 4.58. The quantitative estimate of drug-likeness (QED) is 0.678. The molecule has 3 aromatic rings. The van der Waals surface area contributed by atoms with Gasteiger partial charge in [-0.3, -0.25) is 4.98 Å². The van der Waals surface area contributed by atoms with Gasteiger partial charge in [-0.2, -0.15) is 0 Å². The Morgan fingerprint density at radius 2 is 1.89 bits per heavy atom. The molecule has 0 radical (unpaired) electrons. The first-order chi connectivity index (χ1) is 9.24. The molecule has 0 aliphatic heterocycles. The summed E-state index contributed by atoms with van der Waals surface area (Å²) in [5, 5.41) is 4.51. The third-order valence-corrected chi connectivity index (χ3v) is 3.14. The summed E-state index contributed by atoms with van der Waals surface area (Å²) in [6.45, 7) is 2.07. The number of nitrogens with one attached hydrogen (secondary N) is 1. The van der Waals surface area contributed by atoms with Gasteiger partial charge in [-0.25, -0.2) is 0 Å². The van der Waals surface area contributed by atoms with E-state index in [9.17, 15) is 0 Å². The van der Waals surface area contributed by atoms with E-state index in [1.165, 1.54) is 5.56 Å². The minimum absolute atomic E-state index is 0.750. The molecule has 19 heavy (non-hydrogen) atoms. The zero-order valence-corrected chi connectivity index (χ0v) is 10.7. The van der Waals surface area contributed by atoms with Crippen molar-refractivity contribution in [1.29, 1.82) is 0 Å². The number of para-hydroxylation sites is 1. The lowest BCUT2D eigenvalue weighted by Gasteiger charge is -2.10. The van der Waals surface area contributed by atoms with Gasteiger partial charge in [-0.05, 0) is 36.8 Å². The van der Waals surface area contributed by atoms with E-state index in [-0.39, 0.29) is 0 Å². The highest BCUT2D eigenvalue weighted by molar-refractivity contribution is 5.94. The number of hydrogen-bond acceptors (Lipinski definition) is 3. The molecule has 3 heteroatoms. The molecule has 0 spiro atoms. The summed E-state index contributed by atoms with van der Waals surface area (Å²) in [5.41, 5.74) is 10.8. The molecule has 1 heterocycles. The lowest BCUT2D eigenvalue weighted by atomic mass is 10.1. The van der Waals surface area contributed by atoms with Crippen molar-refractivity contribution in [2.75, 3.05) is 11.1 Å². The van der Waals surface area contributed by atoms with Crippen LogP contribution in [0.15, 0.2) is 54.7 Å². The van der Waals surface area contributed by atoms with Crippen molar-refractivity contribution in [3.63, 3.8) is 0 Å². The maximum absolute atomic E-state index is 5.80. The molecular weight excluding hydrogens is 234 g/mol. The third-order valence-electron chi connectivity index (χ3n) is 3.14. The summed E-state index contributed by atoms with van der Waals surface area (Å²) >= 11 is 0. The Morgan fingerprint density at radius 1 is 1.05 bits per heavy atom. The lowest BCUT2D eigenvalue weighted by Crippen LogP contribution is -1.94. The molecule has 0 saturated carbocycles. The van der Waals surface area contributed by atoms with Crippen molar-refractivity contribution in [2.24, 2.45) is 0 Å². The first-order valence-electron chi connectivity index (χ1n) is 6.21. The number of aromatic nitrogens is 1. The van der Waals surface area contributed by atoms with Crippen LogP contribution >= 0.6 is 0 Å². The summed E-state index contributed by atoms with van der Waals surface area (Å²) in [5.74, 6) is 0. The number of hydrogen-bond donors (Lipinski definition) is 2. The number of benzene rings is 2. The summed E-state index contributed by atoms with van der Waals surface area (Å²) in [4.78, 5) is 4.44. The fraction of sp³-hybridized carbons (Fsp3) is 0.0625. The van der Waals surface area contributed by atoms with E-state index >= 15 is 0 Å². The highest BCUT2D eigenvalue weighted by Crippen LogP contribution is 2.27. The van der Waals surface area contributed by atoms with Gasteiger partial charge in [0.25, 0.3) is 0 Å². The van der Waals surface area contributed by atoms with E-state index in [1.54, 1.807) is 0 Å². The highest BCUT2D eigenvalue weighted by atomic mass is 14.9. The van der Waals surface area contributed by atoms with Gasteiger partial charge in [0.2, 0.25) is 0 Å². The Morgan fingerprint density at radius 3 is 2.74 bits per heavy atom. The van der Waals surface area contributed by atoms with Gasteiger partial charge in [0, 0.05) is 28.6 Å². The Bertz CT molecular complexity index is 735. The highest BCUT2D eigenvalue weighted by Gasteiger charge is 2.04. The Kier molecular flexibility index (Phi) is 2.80. The Hall–Kier alpha value is -2.55. The van der Waals surface area contributed by atoms with Crippen molar-refractivity contribution in [1.82, 2.24) is 4.98 Å². The smallest absolute Gasteiger partial charge is 0.0751 e. The van der Waals surface area contributed by atoms with Crippen LogP contribution in [-0.4, -0.2) is 4.98 Å². The zero-order valence-electron chi connectivity index (χ0n) is 10.7. The maximum atomic E-state index is 5.80. The second kappa shape index (κ2) is 4.61. The number of pyridine rings is 1. The molecular formula is C16H15N3. The number of nitrogens with two attached hydrogens (primary N) is 1. The Labute approximate surface area is 112 Å². The molecule has 3 N–H and O–H groups in total. The van der Waals surface area contributed by atoms with Gasteiger partial charge in [0.15, 0.2) is 0 Å². The number of rotatable bonds is 2. The van der Waals surface area contributed by atoms with Crippen LogP contribution < -0.4 is 11.1 Å². The number of aryl methyl sites for hydroxylation is 1. The fourth-order valence-corrected chi connectivity index (χ4v) is 2.20. The minimum atomic E-state index is 0.750. The van der Waals surface area contributed by atoms with Crippen molar-refractivity contribution in [3.05, 3.63) is 60.3 Å². The van der Waals surface area contributed by atoms with Crippen LogP contribution in [0, 0.1) is 6.92 Å². The minimum Gasteiger partial charge on any atom is -0.399 e. The third kappa shape index (κ3) is 2.22. The topological polar surface area (TPSA) is 50.9 Å². The lowest BCUT2D eigenvalue weighted by molar-refractivity contribution is 1.36. The predicted octanol–water partition coefficient (Wildman–Crippen LogP) is 3.87. The van der Waals surface area contributed by atoms with E-state index in [1.807, 2.05) is 42.6 Å². The van der Waals surface area contributed by atoms with Crippen LogP contribution in [0.25, 0.3) is 10.9 Å². The molecule has 0 unspecified atom stereocenters. The first kappa shape index (κ1) is 11.5. The summed E-state index contributed by atoms with van der Waals surface area (Å²) in [6.07, 6.45) is 1.82. The van der Waals surface area contributed by atoms with Gasteiger partial charge in [0.05, 0.1) is 5.52 Å². The van der Waals surface area contributed by atoms with Gasteiger partial charge >= 0.3 is 0 Å². The van der Waals surface area contributed by atoms with Gasteiger partial charge in [-0.1, -0.05) is 24.3 Å². The molecule has 0 amide bonds. The number of fused-ring (bicyclic) bond motifs is 1. The molecule has 94 valence electrons. The predicted molar refractivity (Wildman–Crippen MR) is 80.6 cm³/mol. The average molecular weight is 249 g/mol. The molecule has 0 saturated heterocycles. The number of nitrogen functional groups attached to an aromatic ring is 1. The summed E-state index contributed by atoms with van der Waals surface area (Å²) in [7, 11) is 0. The van der Waals surface area contributed by atoms with Crippen LogP contribution in [0.2, 0.25) is 0 Å². The zero-order chi connectivity index (χ0) is 13.2. The largest absolute Gasteiger partial charge is 0.399 e. The number of anilines is 3. The maximum Gasteiger partial charge on any atom is 0.0751 e. The van der Waals surface area contributed by atoms with Crippen LogP contribution in [-0.2, 0) is 0 Å². The van der Waals surface area contributed by atoms with Crippen LogP contribution in [0.1, 0.15) is 5.56 Å². The van der Waals surface area contributed by atoms with Crippen molar-refractivity contribution in [2.45, 2.75) is 6.92 Å². The first-order valence-corrected chi connectivity index (χ1v) is 6.21. The van der Waals surface area contributed by atoms with Crippen LogP contribution in [0.5, 0.6) is 0 Å². The molecule has 3 rings (SSSR count). The van der Waals surface area contributed by atoms with Gasteiger partial charge in [-0.15, -0.1) is 0 Å². The van der Waals surface area contributed by atoms with Crippen molar-refractivity contribution < 1.29 is 0 Å². The van der Waals surface area contributed by atoms with Gasteiger partial charge < -0.3 is 11.1 Å². The number of nitrogens with zero attached hydrogens (tertiary/aromatic N) is 1. The van der Waals surface area contributed by atoms with Crippen molar-refractivity contribution in [3.8, 4) is 0 Å². The standard InChI is InChI=1S/C16H15N3/c1-11-4-2-7-14-15(8-9-18-16(11)14)19-13-6-3-5-12(17)10-13/h2-10H,17H2,1H3,(H,18,19). The average Bonchev–Trinajstić information content (AvgIpc) is 2.40. The SMILES string of the molecule is Cc1cccc2c(Nc3cccc(N)c3)ccnc12. The molecule has 3 nitrogen and oxygen atoms in total. The van der Waals surface area contributed by atoms with E-state index in [4.69, 9.17) is 5.73 Å². The molecule has 1 aromatic heterocycles. The summed E-state index contributed by atoms with van der Waals surface area (Å²) < 4.78 is 0. The van der Waals surface area contributed by atoms with E-state index in [2.05, 4.69) is 29.4 Å². The molecule has 0 bridgehead atoms. The van der Waals surface area contributed by atoms with Gasteiger partial charge in [0.1, 0.15) is 0 Å². The van der Waals surface area contributed by atoms with Crippen molar-refractivity contribution >= 4 is 28.0 Å². The molecule has 0 fully saturated rings. The molecule has 0 aliphatic rings. The fourth-order valence-electron chi connectivity index (χ4n) is 2.20. The Balaban J connectivity index is 2.08.